The average molecular weight is 756 g/mol. The molecule has 0 fully saturated rings. The van der Waals surface area contributed by atoms with Crippen LogP contribution in [-0.4, -0.2) is 13.7 Å². The molecule has 0 saturated carbocycles. The Bertz CT molecular complexity index is 3910. The molecule has 0 saturated heterocycles. The van der Waals surface area contributed by atoms with Crippen molar-refractivity contribution in [2.24, 2.45) is 0 Å². The molecule has 4 aromatic heterocycles. The van der Waals surface area contributed by atoms with Crippen LogP contribution in [0.3, 0.4) is 0 Å². The van der Waals surface area contributed by atoms with Crippen LogP contribution in [0.5, 0.6) is 0 Å². The first-order chi connectivity index (χ1) is 29.2. The van der Waals surface area contributed by atoms with Gasteiger partial charge in [0.2, 0.25) is 0 Å². The van der Waals surface area contributed by atoms with Crippen LogP contribution in [0.4, 0.5) is 0 Å². The Kier molecular flexibility index (Phi) is 6.66. The largest absolute Gasteiger partial charge is 0.456 e. The summed E-state index contributed by atoms with van der Waals surface area (Å²) in [4.78, 5) is 0. The summed E-state index contributed by atoms with van der Waals surface area (Å²) in [6, 6.07) is 71.8. The van der Waals surface area contributed by atoms with Crippen LogP contribution < -0.4 is 0 Å². The maximum atomic E-state index is 6.57. The topological polar surface area (TPSA) is 41.1 Å². The zero-order chi connectivity index (χ0) is 38.6. The van der Waals surface area contributed by atoms with Crippen molar-refractivity contribution in [3.05, 3.63) is 200 Å². The van der Waals surface area contributed by atoms with E-state index in [1.165, 1.54) is 16.3 Å². The molecule has 13 rings (SSSR count). The highest BCUT2D eigenvalue weighted by molar-refractivity contribution is 6.14. The summed E-state index contributed by atoms with van der Waals surface area (Å²) < 4.78 is 20.1. The summed E-state index contributed by atoms with van der Waals surface area (Å²) >= 11 is 0. The monoisotopic (exact) mass is 755 g/mol. The molecular weight excluding hydrogens is 723 g/mol. The molecule has 4 heterocycles. The second-order valence-corrected chi connectivity index (χ2v) is 15.4. The Hall–Kier alpha value is -8.02. The molecule has 0 unspecified atom stereocenters. The maximum Gasteiger partial charge on any atom is 0.137 e. The summed E-state index contributed by atoms with van der Waals surface area (Å²) in [6.07, 6.45) is 0. The SMILES string of the molecule is c1ccc(-n2c3ccccc3c3c(-n4c5cccc(c5)c5cccc(c5)n(-c5ccc6c(c5)oc5ccccc56)c5ccc6oc7ccc4cc7c6c5)cccc32)cc1. The van der Waals surface area contributed by atoms with Gasteiger partial charge in [-0.2, -0.15) is 0 Å². The highest BCUT2D eigenvalue weighted by Gasteiger charge is 2.18. The van der Waals surface area contributed by atoms with Gasteiger partial charge in [-0.1, -0.05) is 84.9 Å². The molecule has 0 atom stereocenters. The van der Waals surface area contributed by atoms with Crippen molar-refractivity contribution in [1.82, 2.24) is 13.7 Å². The Morgan fingerprint density at radius 1 is 0.288 bits per heavy atom. The van der Waals surface area contributed by atoms with Gasteiger partial charge in [0.15, 0.2) is 0 Å². The molecule has 0 radical (unpaired) electrons. The van der Waals surface area contributed by atoms with Gasteiger partial charge in [0.1, 0.15) is 22.3 Å². The first-order valence-electron chi connectivity index (χ1n) is 20.0. The van der Waals surface area contributed by atoms with Crippen LogP contribution in [0.2, 0.25) is 0 Å². The van der Waals surface area contributed by atoms with Crippen molar-refractivity contribution < 1.29 is 8.83 Å². The summed E-state index contributed by atoms with van der Waals surface area (Å²) in [7, 11) is 0. The first-order valence-corrected chi connectivity index (χ1v) is 20.0. The van der Waals surface area contributed by atoms with Crippen LogP contribution in [-0.2, 0) is 0 Å². The summed E-state index contributed by atoms with van der Waals surface area (Å²) in [5.74, 6) is 0. The van der Waals surface area contributed by atoms with Crippen LogP contribution in [0.1, 0.15) is 0 Å². The van der Waals surface area contributed by atoms with E-state index in [9.17, 15) is 0 Å². The third-order valence-corrected chi connectivity index (χ3v) is 12.0. The van der Waals surface area contributed by atoms with Crippen LogP contribution >= 0.6 is 0 Å². The molecule has 0 aliphatic carbocycles. The highest BCUT2D eigenvalue weighted by atomic mass is 16.3. The van der Waals surface area contributed by atoms with Gasteiger partial charge < -0.3 is 22.5 Å². The van der Waals surface area contributed by atoms with E-state index < -0.39 is 0 Å². The highest BCUT2D eigenvalue weighted by Crippen LogP contribution is 2.39. The molecule has 0 amide bonds. The standard InChI is InChI=1S/C54H33N3O2/c1-2-13-36(14-3-1)57-47-19-6-4-18-44(47)54-48(20-10-21-49(54)57)56-38-16-9-12-35(30-38)34-11-8-15-37(29-34)55(41-23-26-43-42-17-5-7-22-50(42)59-53(43)33-41)39-24-27-51-45(31-39)46-32-40(56)25-28-52(46)58-51/h1-33H. The molecule has 0 spiro atoms. The fourth-order valence-corrected chi connectivity index (χ4v) is 9.45. The van der Waals surface area contributed by atoms with Crippen molar-refractivity contribution in [2.45, 2.75) is 0 Å². The maximum absolute atomic E-state index is 6.57. The van der Waals surface area contributed by atoms with E-state index in [1.807, 2.05) is 12.1 Å². The molecule has 9 aromatic carbocycles. The van der Waals surface area contributed by atoms with E-state index in [2.05, 4.69) is 202 Å². The average Bonchev–Trinajstić information content (AvgIpc) is 3.96. The van der Waals surface area contributed by atoms with E-state index in [1.54, 1.807) is 0 Å². The lowest BCUT2D eigenvalue weighted by molar-refractivity contribution is 0.668. The van der Waals surface area contributed by atoms with Crippen molar-refractivity contribution in [3.8, 4) is 17.1 Å². The van der Waals surface area contributed by atoms with Gasteiger partial charge in [0.25, 0.3) is 0 Å². The van der Waals surface area contributed by atoms with Crippen LogP contribution in [0.25, 0.3) is 116 Å². The van der Waals surface area contributed by atoms with Crippen molar-refractivity contribution in [2.75, 3.05) is 0 Å². The minimum Gasteiger partial charge on any atom is -0.456 e. The zero-order valence-corrected chi connectivity index (χ0v) is 31.7. The second kappa shape index (κ2) is 12.2. The molecule has 59 heavy (non-hydrogen) atoms. The lowest BCUT2D eigenvalue weighted by Gasteiger charge is -2.15. The number of para-hydroxylation sites is 3. The molecule has 8 bridgehead atoms. The Balaban J connectivity index is 1.17. The Morgan fingerprint density at radius 3 is 1.64 bits per heavy atom. The molecule has 5 nitrogen and oxygen atoms in total. The number of nitrogens with zero attached hydrogens (tertiary/aromatic N) is 3. The van der Waals surface area contributed by atoms with Gasteiger partial charge in [0.05, 0.1) is 16.7 Å². The minimum absolute atomic E-state index is 0.844. The molecule has 0 aliphatic rings. The smallest absolute Gasteiger partial charge is 0.137 e. The lowest BCUT2D eigenvalue weighted by Crippen LogP contribution is -1.99. The minimum atomic E-state index is 0.844. The fraction of sp³-hybridized carbons (Fsp3) is 0. The van der Waals surface area contributed by atoms with Gasteiger partial charge in [-0.25, -0.2) is 0 Å². The van der Waals surface area contributed by atoms with Gasteiger partial charge in [-0.3, -0.25) is 0 Å². The van der Waals surface area contributed by atoms with Gasteiger partial charge in [-0.05, 0) is 120 Å². The molecule has 5 heteroatoms. The van der Waals surface area contributed by atoms with Gasteiger partial charge in [-0.15, -0.1) is 0 Å². The van der Waals surface area contributed by atoms with E-state index in [0.717, 1.165) is 99.3 Å². The van der Waals surface area contributed by atoms with Gasteiger partial charge >= 0.3 is 0 Å². The van der Waals surface area contributed by atoms with E-state index in [0.29, 0.717) is 0 Å². The number of hydrogen-bond donors (Lipinski definition) is 0. The van der Waals surface area contributed by atoms with Crippen LogP contribution in [0.15, 0.2) is 209 Å². The van der Waals surface area contributed by atoms with E-state index in [-0.39, 0.29) is 0 Å². The summed E-state index contributed by atoms with van der Waals surface area (Å²) in [6.45, 7) is 0. The normalized spacial score (nSPS) is 12.1. The predicted octanol–water partition coefficient (Wildman–Crippen LogP) is 14.7. The van der Waals surface area contributed by atoms with Crippen molar-refractivity contribution in [3.63, 3.8) is 0 Å². The summed E-state index contributed by atoms with van der Waals surface area (Å²) in [5, 5.41) is 8.96. The fourth-order valence-electron chi connectivity index (χ4n) is 9.45. The number of hydrogen-bond acceptors (Lipinski definition) is 2. The number of aromatic nitrogens is 3. The lowest BCUT2D eigenvalue weighted by atomic mass is 10.1. The van der Waals surface area contributed by atoms with E-state index >= 15 is 0 Å². The van der Waals surface area contributed by atoms with Crippen molar-refractivity contribution in [1.29, 1.82) is 0 Å². The molecule has 13 aromatic rings. The third-order valence-electron chi connectivity index (χ3n) is 12.0. The van der Waals surface area contributed by atoms with Gasteiger partial charge in [0, 0.05) is 71.8 Å². The van der Waals surface area contributed by atoms with Crippen LogP contribution in [0, 0.1) is 0 Å². The second-order valence-electron chi connectivity index (χ2n) is 15.4. The molecular formula is C54H33N3O2. The number of furan rings is 2. The molecule has 0 aliphatic heterocycles. The Morgan fingerprint density at radius 2 is 0.864 bits per heavy atom. The van der Waals surface area contributed by atoms with E-state index in [4.69, 9.17) is 8.83 Å². The Labute approximate surface area is 337 Å². The summed E-state index contributed by atoms with van der Waals surface area (Å²) in [5.41, 5.74) is 13.2. The zero-order valence-electron chi connectivity index (χ0n) is 31.7. The predicted molar refractivity (Wildman–Crippen MR) is 244 cm³/mol. The molecule has 276 valence electrons. The van der Waals surface area contributed by atoms with Crippen molar-refractivity contribution >= 4 is 98.5 Å². The quantitative estimate of drug-likeness (QED) is 0.180. The first kappa shape index (κ1) is 32.1. The third kappa shape index (κ3) is 4.79. The number of rotatable bonds is 3. The number of fused-ring (bicyclic) bond motifs is 13. The molecule has 0 N–H and O–H groups in total. The number of benzene rings is 9.